The molecule has 1 aliphatic carbocycles. The largest absolute Gasteiger partial charge is 0.375 e. The smallest absolute Gasteiger partial charge is 0.255 e. The van der Waals surface area contributed by atoms with Crippen molar-refractivity contribution in [2.75, 3.05) is 6.61 Å². The highest BCUT2D eigenvalue weighted by atomic mass is 16.5. The number of nitrogens with two attached hydrogens (primary N) is 1. The predicted octanol–water partition coefficient (Wildman–Crippen LogP) is 0.576. The molecule has 30 heavy (non-hydrogen) atoms. The van der Waals surface area contributed by atoms with Gasteiger partial charge < -0.3 is 20.7 Å². The van der Waals surface area contributed by atoms with Crippen LogP contribution in [0.4, 0.5) is 0 Å². The monoisotopic (exact) mass is 412 g/mol. The van der Waals surface area contributed by atoms with Gasteiger partial charge in [-0.05, 0) is 49.3 Å². The molecule has 4 aliphatic rings. The van der Waals surface area contributed by atoms with Crippen LogP contribution in [0.2, 0.25) is 0 Å². The van der Waals surface area contributed by atoms with Gasteiger partial charge in [-0.1, -0.05) is 12.1 Å². The average molecular weight is 412 g/mol. The van der Waals surface area contributed by atoms with Gasteiger partial charge in [0.1, 0.15) is 6.04 Å². The third kappa shape index (κ3) is 3.53. The molecule has 1 saturated carbocycles. The number of nitrogens with one attached hydrogen (secondary N) is 2. The van der Waals surface area contributed by atoms with Crippen LogP contribution in [0.1, 0.15) is 60.0 Å². The molecular weight excluding hydrogens is 384 g/mol. The van der Waals surface area contributed by atoms with Gasteiger partial charge >= 0.3 is 0 Å². The van der Waals surface area contributed by atoms with E-state index in [-0.39, 0.29) is 35.8 Å². The molecule has 2 atom stereocenters. The van der Waals surface area contributed by atoms with Crippen molar-refractivity contribution in [2.24, 2.45) is 5.73 Å². The Bertz CT molecular complexity index is 890. The normalized spacial score (nSPS) is 33.4. The van der Waals surface area contributed by atoms with Crippen LogP contribution >= 0.6 is 0 Å². The number of carbonyl (C=O) groups excluding carboxylic acids is 3. The Hall–Kier alpha value is -2.29. The van der Waals surface area contributed by atoms with E-state index in [9.17, 15) is 14.4 Å². The zero-order chi connectivity index (χ0) is 20.9. The molecule has 4 N–H and O–H groups in total. The zero-order valence-electron chi connectivity index (χ0n) is 17.0. The second-order valence-electron chi connectivity index (χ2n) is 9.16. The Morgan fingerprint density at radius 3 is 2.80 bits per heavy atom. The second kappa shape index (κ2) is 7.44. The number of piperidine rings is 1. The van der Waals surface area contributed by atoms with Crippen molar-refractivity contribution in [1.82, 2.24) is 15.5 Å². The molecule has 160 valence electrons. The molecular formula is C22H28N4O4. The summed E-state index contributed by atoms with van der Waals surface area (Å²) < 4.78 is 5.99. The maximum Gasteiger partial charge on any atom is 0.255 e. The topological polar surface area (TPSA) is 114 Å². The van der Waals surface area contributed by atoms with Gasteiger partial charge in [0.25, 0.3) is 5.91 Å². The minimum Gasteiger partial charge on any atom is -0.375 e. The summed E-state index contributed by atoms with van der Waals surface area (Å²) in [6, 6.07) is 6.03. The molecule has 2 unspecified atom stereocenters. The van der Waals surface area contributed by atoms with E-state index in [1.165, 1.54) is 0 Å². The molecule has 0 aromatic heterocycles. The Labute approximate surface area is 175 Å². The van der Waals surface area contributed by atoms with Crippen LogP contribution in [-0.4, -0.2) is 53.0 Å². The van der Waals surface area contributed by atoms with E-state index in [0.717, 1.165) is 43.4 Å². The van der Waals surface area contributed by atoms with Crippen molar-refractivity contribution in [3.8, 4) is 0 Å². The van der Waals surface area contributed by atoms with Crippen molar-refractivity contribution < 1.29 is 19.1 Å². The summed E-state index contributed by atoms with van der Waals surface area (Å²) in [5.41, 5.74) is 8.57. The molecule has 0 bridgehead atoms. The van der Waals surface area contributed by atoms with E-state index in [1.54, 1.807) is 4.90 Å². The fourth-order valence-corrected chi connectivity index (χ4v) is 5.36. The third-order valence-electron chi connectivity index (χ3n) is 6.95. The fraction of sp³-hybridized carbons (Fsp3) is 0.591. The lowest BCUT2D eigenvalue weighted by atomic mass is 9.71. The maximum absolute atomic E-state index is 13.0. The third-order valence-corrected chi connectivity index (χ3v) is 6.95. The van der Waals surface area contributed by atoms with E-state index in [1.807, 2.05) is 18.2 Å². The summed E-state index contributed by atoms with van der Waals surface area (Å²) >= 11 is 0. The van der Waals surface area contributed by atoms with E-state index in [4.69, 9.17) is 10.5 Å². The second-order valence-corrected chi connectivity index (χ2v) is 9.16. The molecule has 3 heterocycles. The average Bonchev–Trinajstić information content (AvgIpc) is 3.02. The highest BCUT2D eigenvalue weighted by molar-refractivity contribution is 6.05. The molecule has 3 fully saturated rings. The summed E-state index contributed by atoms with van der Waals surface area (Å²) in [5, 5.41) is 5.96. The highest BCUT2D eigenvalue weighted by Crippen LogP contribution is 2.41. The van der Waals surface area contributed by atoms with Crippen LogP contribution in [-0.2, 0) is 27.4 Å². The SMILES string of the molecule is NC1CC2(C1)CC(NCc1ccc3c(c1)C(=O)N(C1CCC(=O)NC1=O)C3)CCO2. The van der Waals surface area contributed by atoms with Gasteiger partial charge in [0, 0.05) is 43.8 Å². The van der Waals surface area contributed by atoms with Gasteiger partial charge in [0.15, 0.2) is 0 Å². The number of amides is 3. The quantitative estimate of drug-likeness (QED) is 0.624. The molecule has 1 spiro atoms. The minimum atomic E-state index is -0.573. The Morgan fingerprint density at radius 2 is 2.03 bits per heavy atom. The van der Waals surface area contributed by atoms with Crippen molar-refractivity contribution in [2.45, 2.75) is 75.3 Å². The van der Waals surface area contributed by atoms with E-state index >= 15 is 0 Å². The molecule has 8 nitrogen and oxygen atoms in total. The molecule has 5 rings (SSSR count). The lowest BCUT2D eigenvalue weighted by Gasteiger charge is -2.50. The number of hydrogen-bond acceptors (Lipinski definition) is 6. The van der Waals surface area contributed by atoms with Gasteiger partial charge in [-0.2, -0.15) is 0 Å². The van der Waals surface area contributed by atoms with Crippen molar-refractivity contribution in [3.63, 3.8) is 0 Å². The van der Waals surface area contributed by atoms with Crippen molar-refractivity contribution >= 4 is 17.7 Å². The fourth-order valence-electron chi connectivity index (χ4n) is 5.36. The van der Waals surface area contributed by atoms with Crippen LogP contribution in [0.15, 0.2) is 18.2 Å². The Kier molecular flexibility index (Phi) is 4.88. The number of carbonyl (C=O) groups is 3. The molecule has 3 amide bonds. The lowest BCUT2D eigenvalue weighted by Crippen LogP contribution is -2.58. The lowest BCUT2D eigenvalue weighted by molar-refractivity contribution is -0.143. The van der Waals surface area contributed by atoms with Crippen LogP contribution in [0, 0.1) is 0 Å². The molecule has 1 aromatic carbocycles. The first-order chi connectivity index (χ1) is 14.4. The van der Waals surface area contributed by atoms with E-state index in [0.29, 0.717) is 31.1 Å². The minimum absolute atomic E-state index is 0.0360. The highest BCUT2D eigenvalue weighted by Gasteiger charge is 2.47. The van der Waals surface area contributed by atoms with Gasteiger partial charge in [-0.15, -0.1) is 0 Å². The van der Waals surface area contributed by atoms with Crippen LogP contribution in [0.5, 0.6) is 0 Å². The Balaban J connectivity index is 1.22. The zero-order valence-corrected chi connectivity index (χ0v) is 17.0. The van der Waals surface area contributed by atoms with E-state index in [2.05, 4.69) is 10.6 Å². The Morgan fingerprint density at radius 1 is 1.20 bits per heavy atom. The number of nitrogens with zero attached hydrogens (tertiary/aromatic N) is 1. The van der Waals surface area contributed by atoms with Crippen LogP contribution < -0.4 is 16.4 Å². The first kappa shape index (κ1) is 19.7. The van der Waals surface area contributed by atoms with Crippen LogP contribution in [0.3, 0.4) is 0 Å². The van der Waals surface area contributed by atoms with Gasteiger partial charge in [0.2, 0.25) is 11.8 Å². The number of ether oxygens (including phenoxy) is 1. The van der Waals surface area contributed by atoms with Crippen molar-refractivity contribution in [3.05, 3.63) is 34.9 Å². The summed E-state index contributed by atoms with van der Waals surface area (Å²) in [7, 11) is 0. The van der Waals surface area contributed by atoms with Gasteiger partial charge in [0.05, 0.1) is 5.60 Å². The molecule has 8 heteroatoms. The number of imide groups is 1. The van der Waals surface area contributed by atoms with Crippen molar-refractivity contribution in [1.29, 1.82) is 0 Å². The summed E-state index contributed by atoms with van der Waals surface area (Å²) in [4.78, 5) is 38.1. The number of hydrogen-bond donors (Lipinski definition) is 3. The first-order valence-corrected chi connectivity index (χ1v) is 10.8. The molecule has 0 radical (unpaired) electrons. The van der Waals surface area contributed by atoms with E-state index < -0.39 is 6.04 Å². The summed E-state index contributed by atoms with van der Waals surface area (Å²) in [5.74, 6) is -0.777. The predicted molar refractivity (Wildman–Crippen MR) is 108 cm³/mol. The maximum atomic E-state index is 13.0. The van der Waals surface area contributed by atoms with Gasteiger partial charge in [-0.3, -0.25) is 19.7 Å². The number of benzene rings is 1. The molecule has 1 aromatic rings. The molecule has 3 aliphatic heterocycles. The number of rotatable bonds is 4. The summed E-state index contributed by atoms with van der Waals surface area (Å²) in [6.45, 7) is 1.86. The van der Waals surface area contributed by atoms with Gasteiger partial charge in [-0.25, -0.2) is 0 Å². The molecule has 2 saturated heterocycles. The number of fused-ring (bicyclic) bond motifs is 1. The first-order valence-electron chi connectivity index (χ1n) is 10.8. The van der Waals surface area contributed by atoms with Crippen LogP contribution in [0.25, 0.3) is 0 Å². The summed E-state index contributed by atoms with van der Waals surface area (Å²) in [6.07, 6.45) is 4.48. The standard InChI is InChI=1S/C22H28N4O4/c23-15-8-22(9-15)10-16(5-6-30-22)24-11-13-1-2-14-12-26(21(29)17(14)7-13)18-3-4-19(27)25-20(18)28/h1-2,7,15-16,18,24H,3-6,8-12,23H2,(H,25,27,28).